The summed E-state index contributed by atoms with van der Waals surface area (Å²) < 4.78 is 44.4. The number of aliphatic hydroxyl groups excluding tert-OH is 16. The summed E-state index contributed by atoms with van der Waals surface area (Å²) >= 11 is 0. The van der Waals surface area contributed by atoms with Gasteiger partial charge in [-0.3, -0.25) is 19.4 Å². The van der Waals surface area contributed by atoms with Crippen LogP contribution in [0.1, 0.15) is 64.2 Å². The fourth-order valence-electron chi connectivity index (χ4n) is 9.39. The van der Waals surface area contributed by atoms with Crippen molar-refractivity contribution >= 4 is 11.8 Å². The summed E-state index contributed by atoms with van der Waals surface area (Å²) in [6.07, 6.45) is -23.0. The summed E-state index contributed by atoms with van der Waals surface area (Å²) in [6.45, 7) is 0.356. The zero-order valence-corrected chi connectivity index (χ0v) is 45.2. The second-order valence-corrected chi connectivity index (χ2v) is 20.6. The van der Waals surface area contributed by atoms with Crippen LogP contribution in [0.3, 0.4) is 0 Å². The molecule has 20 N–H and O–H groups in total. The Morgan fingerprint density at radius 1 is 0.400 bits per heavy atom. The van der Waals surface area contributed by atoms with Crippen molar-refractivity contribution in [3.63, 3.8) is 0 Å². The smallest absolute Gasteiger partial charge is 0.236 e. The normalized spacial score (nSPS) is 35.4. The van der Waals surface area contributed by atoms with Crippen LogP contribution in [-0.4, -0.2) is 337 Å². The molecule has 4 fully saturated rings. The monoisotopic (exact) mass is 1170 g/mol. The molecule has 0 aromatic carbocycles. The molecular formula is C49H93N5O26. The van der Waals surface area contributed by atoms with Gasteiger partial charge in [0, 0.05) is 45.7 Å². The summed E-state index contributed by atoms with van der Waals surface area (Å²) in [5.41, 5.74) is 6.09. The van der Waals surface area contributed by atoms with Crippen molar-refractivity contribution in [2.75, 3.05) is 105 Å². The minimum absolute atomic E-state index is 0.00760. The van der Waals surface area contributed by atoms with Crippen molar-refractivity contribution in [3.05, 3.63) is 0 Å². The van der Waals surface area contributed by atoms with Crippen LogP contribution in [0.2, 0.25) is 0 Å². The van der Waals surface area contributed by atoms with Crippen molar-refractivity contribution in [1.82, 2.24) is 20.4 Å². The van der Waals surface area contributed by atoms with Crippen LogP contribution < -0.4 is 16.4 Å². The molecule has 0 aromatic rings. The molecule has 31 nitrogen and oxygen atoms in total. The summed E-state index contributed by atoms with van der Waals surface area (Å²) in [4.78, 5) is 29.2. The third kappa shape index (κ3) is 22.0. The highest BCUT2D eigenvalue weighted by atomic mass is 16.7. The second kappa shape index (κ2) is 37.3. The van der Waals surface area contributed by atoms with Gasteiger partial charge >= 0.3 is 0 Å². The Bertz CT molecular complexity index is 1600. The number of rotatable bonds is 38. The topological polar surface area (TPSA) is 488 Å². The number of nitrogens with one attached hydrogen (secondary N) is 2. The third-order valence-corrected chi connectivity index (χ3v) is 14.6. The van der Waals surface area contributed by atoms with E-state index in [1.165, 1.54) is 0 Å². The Kier molecular flexibility index (Phi) is 32.8. The van der Waals surface area contributed by atoms with Crippen molar-refractivity contribution in [1.29, 1.82) is 0 Å². The first-order valence-corrected chi connectivity index (χ1v) is 27.7. The van der Waals surface area contributed by atoms with E-state index in [0.29, 0.717) is 51.9 Å². The van der Waals surface area contributed by atoms with Crippen LogP contribution in [0.5, 0.6) is 0 Å². The average molecular weight is 1170 g/mol. The van der Waals surface area contributed by atoms with Crippen LogP contribution in [0.25, 0.3) is 0 Å². The molecule has 0 bridgehead atoms. The van der Waals surface area contributed by atoms with Gasteiger partial charge in [0.2, 0.25) is 11.8 Å². The fourth-order valence-corrected chi connectivity index (χ4v) is 9.39. The van der Waals surface area contributed by atoms with Crippen molar-refractivity contribution in [3.8, 4) is 0 Å². The van der Waals surface area contributed by atoms with E-state index in [1.807, 2.05) is 9.80 Å². The van der Waals surface area contributed by atoms with Gasteiger partial charge in [-0.15, -0.1) is 0 Å². The van der Waals surface area contributed by atoms with Crippen molar-refractivity contribution in [2.45, 2.75) is 193 Å². The van der Waals surface area contributed by atoms with E-state index in [2.05, 4.69) is 10.6 Å². The SMILES string of the molecule is N[C@@H](CCC(=O)NCCCCCCN(CCOC1OC(CO)C(O)C(O)C1O)CCO[C@H]1O[C@H](CO)[C@@H](O)[C@H](O)[C@@H]1O)C(=O)NCCCCCCN(CCO[C@H]1O[C@H](CO)[C@@H](O)[C@H](O)[C@@H]1O)CCO[C@H]1O[C@H](CO)[C@@H](O)[C@H](O)[C@@H]1O. The zero-order chi connectivity index (χ0) is 58.9. The Morgan fingerprint density at radius 3 is 0.988 bits per heavy atom. The van der Waals surface area contributed by atoms with Crippen LogP contribution in [0.15, 0.2) is 0 Å². The van der Waals surface area contributed by atoms with E-state index in [9.17, 15) is 91.3 Å². The van der Waals surface area contributed by atoms with Gasteiger partial charge in [-0.1, -0.05) is 25.7 Å². The van der Waals surface area contributed by atoms with E-state index in [-0.39, 0.29) is 71.4 Å². The highest BCUT2D eigenvalue weighted by molar-refractivity contribution is 5.82. The molecule has 4 aliphatic heterocycles. The standard InChI is InChI=1S/C49H93N5O26/c50-27(45(72)52-12-6-2-4-8-14-54(17-21-75-48-43(70)39(66)35(62)30(25-57)79-48)18-22-76-49-44(71)40(67)36(63)31(26-58)80-49)9-10-32(59)51-11-5-1-3-7-13-53(15-19-73-46-41(68)37(64)33(60)28(23-55)77-46)16-20-74-47-42(69)38(65)34(61)29(24-56)78-47/h27-31,33-44,46-49,55-58,60-71H,1-26,50H2,(H,51,59)(H,52,72)/t27-,28+,29?,30+,31+,33+,34?,35+,36+,37-,38?,39-,40-,41-,42?,43-,44-,46-,47?,48-,49-/m0/s1. The molecule has 4 aliphatic rings. The molecule has 0 radical (unpaired) electrons. The number of nitrogens with zero attached hydrogens (tertiary/aromatic N) is 2. The number of hydrogen-bond acceptors (Lipinski definition) is 29. The summed E-state index contributed by atoms with van der Waals surface area (Å²) in [5, 5.41) is 166. The van der Waals surface area contributed by atoms with Crippen molar-refractivity contribution < 1.29 is 129 Å². The maximum atomic E-state index is 12.7. The van der Waals surface area contributed by atoms with Gasteiger partial charge in [0.05, 0.1) is 58.9 Å². The molecule has 470 valence electrons. The lowest BCUT2D eigenvalue weighted by molar-refractivity contribution is -0.303. The molecule has 0 spiro atoms. The number of amides is 2. The number of nitrogens with two attached hydrogens (primary N) is 1. The van der Waals surface area contributed by atoms with Crippen molar-refractivity contribution in [2.24, 2.45) is 5.73 Å². The molecule has 31 heteroatoms. The third-order valence-electron chi connectivity index (χ3n) is 14.6. The van der Waals surface area contributed by atoms with E-state index in [0.717, 1.165) is 25.7 Å². The largest absolute Gasteiger partial charge is 0.394 e. The lowest BCUT2D eigenvalue weighted by atomic mass is 9.99. The molecule has 0 saturated carbocycles. The minimum Gasteiger partial charge on any atom is -0.394 e. The predicted molar refractivity (Wildman–Crippen MR) is 272 cm³/mol. The van der Waals surface area contributed by atoms with Gasteiger partial charge in [-0.25, -0.2) is 0 Å². The number of aliphatic hydroxyl groups is 16. The number of unbranched alkanes of at least 4 members (excludes halogenated alkanes) is 6. The maximum absolute atomic E-state index is 12.7. The van der Waals surface area contributed by atoms with Gasteiger partial charge in [-0.2, -0.15) is 0 Å². The highest BCUT2D eigenvalue weighted by Crippen LogP contribution is 2.26. The molecule has 21 atom stereocenters. The first kappa shape index (κ1) is 70.3. The number of ether oxygens (including phenoxy) is 8. The molecule has 80 heavy (non-hydrogen) atoms. The molecule has 0 aromatic heterocycles. The second-order valence-electron chi connectivity index (χ2n) is 20.6. The summed E-state index contributed by atoms with van der Waals surface area (Å²) in [6, 6.07) is -0.905. The van der Waals surface area contributed by atoms with E-state index < -0.39 is 161 Å². The Balaban J connectivity index is 1.10. The van der Waals surface area contributed by atoms with E-state index in [1.54, 1.807) is 0 Å². The average Bonchev–Trinajstić information content (AvgIpc) is 3.47. The van der Waals surface area contributed by atoms with Gasteiger partial charge in [-0.05, 0) is 45.2 Å². The van der Waals surface area contributed by atoms with Crippen LogP contribution in [0, 0.1) is 0 Å². The lowest BCUT2D eigenvalue weighted by Crippen LogP contribution is -2.59. The van der Waals surface area contributed by atoms with Gasteiger partial charge in [0.1, 0.15) is 97.7 Å². The highest BCUT2D eigenvalue weighted by Gasteiger charge is 2.47. The van der Waals surface area contributed by atoms with E-state index in [4.69, 9.17) is 43.6 Å². The van der Waals surface area contributed by atoms with E-state index >= 15 is 0 Å². The number of carbonyl (C=O) groups excluding carboxylic acids is 2. The molecule has 0 aliphatic carbocycles. The first-order chi connectivity index (χ1) is 38.3. The Morgan fingerprint density at radius 2 is 0.688 bits per heavy atom. The van der Waals surface area contributed by atoms with Gasteiger partial charge in [0.25, 0.3) is 0 Å². The Hall–Kier alpha value is -2.14. The first-order valence-electron chi connectivity index (χ1n) is 27.7. The zero-order valence-electron chi connectivity index (χ0n) is 45.2. The molecule has 5 unspecified atom stereocenters. The molecule has 2 amide bonds. The molecule has 4 saturated heterocycles. The lowest BCUT2D eigenvalue weighted by Gasteiger charge is -2.40. The predicted octanol–water partition coefficient (Wildman–Crippen LogP) is -9.68. The summed E-state index contributed by atoms with van der Waals surface area (Å²) in [7, 11) is 0. The number of hydrogen-bond donors (Lipinski definition) is 19. The number of carbonyl (C=O) groups is 2. The molecule has 4 rings (SSSR count). The quantitative estimate of drug-likeness (QED) is 0.0255. The van der Waals surface area contributed by atoms with Gasteiger partial charge in [0.15, 0.2) is 25.2 Å². The summed E-state index contributed by atoms with van der Waals surface area (Å²) in [5.74, 6) is -0.647. The fraction of sp³-hybridized carbons (Fsp3) is 0.959. The molecule has 4 heterocycles. The minimum atomic E-state index is -1.61. The Labute approximate surface area is 464 Å². The van der Waals surface area contributed by atoms with Crippen LogP contribution in [0.4, 0.5) is 0 Å². The maximum Gasteiger partial charge on any atom is 0.236 e. The molecular weight excluding hydrogens is 1070 g/mol. The van der Waals surface area contributed by atoms with Crippen LogP contribution >= 0.6 is 0 Å². The van der Waals surface area contributed by atoms with Crippen LogP contribution in [-0.2, 0) is 47.5 Å². The van der Waals surface area contributed by atoms with Gasteiger partial charge < -0.3 is 136 Å².